The van der Waals surface area contributed by atoms with Gasteiger partial charge in [0.2, 0.25) is 0 Å². The van der Waals surface area contributed by atoms with Crippen molar-refractivity contribution in [2.45, 2.75) is 37.3 Å². The summed E-state index contributed by atoms with van der Waals surface area (Å²) in [5, 5.41) is 9.53. The zero-order chi connectivity index (χ0) is 11.6. The largest absolute Gasteiger partial charge is 0.496 e. The highest BCUT2D eigenvalue weighted by Crippen LogP contribution is 2.38. The summed E-state index contributed by atoms with van der Waals surface area (Å²) >= 11 is 0. The molecule has 0 aliphatic heterocycles. The maximum atomic E-state index is 9.53. The van der Waals surface area contributed by atoms with Crippen LogP contribution in [0.4, 0.5) is 0 Å². The topological polar surface area (TPSA) is 55.5 Å². The predicted octanol–water partition coefficient (Wildman–Crippen LogP) is 1.78. The molecule has 1 aromatic carbocycles. The Hall–Kier alpha value is -1.06. The van der Waals surface area contributed by atoms with E-state index in [0.717, 1.165) is 37.0 Å². The zero-order valence-corrected chi connectivity index (χ0v) is 9.65. The summed E-state index contributed by atoms with van der Waals surface area (Å²) in [5.74, 6) is 0.849. The van der Waals surface area contributed by atoms with Crippen LogP contribution in [0.25, 0.3) is 0 Å². The number of hydrogen-bond acceptors (Lipinski definition) is 3. The fourth-order valence-electron chi connectivity index (χ4n) is 2.44. The summed E-state index contributed by atoms with van der Waals surface area (Å²) in [6, 6.07) is 7.90. The molecular weight excluding hydrogens is 202 g/mol. The highest BCUT2D eigenvalue weighted by atomic mass is 16.5. The van der Waals surface area contributed by atoms with Crippen molar-refractivity contribution in [3.8, 4) is 5.75 Å². The van der Waals surface area contributed by atoms with Crippen LogP contribution in [0.2, 0.25) is 0 Å². The molecule has 3 heteroatoms. The van der Waals surface area contributed by atoms with Crippen LogP contribution in [-0.4, -0.2) is 18.3 Å². The number of para-hydroxylation sites is 1. The Morgan fingerprint density at radius 2 is 1.94 bits per heavy atom. The molecule has 16 heavy (non-hydrogen) atoms. The third-order valence-corrected chi connectivity index (χ3v) is 3.49. The van der Waals surface area contributed by atoms with Crippen molar-refractivity contribution in [3.05, 3.63) is 29.8 Å². The summed E-state index contributed by atoms with van der Waals surface area (Å²) in [6.45, 7) is 0. The van der Waals surface area contributed by atoms with Gasteiger partial charge in [-0.2, -0.15) is 0 Å². The Labute approximate surface area is 96.2 Å². The van der Waals surface area contributed by atoms with Crippen LogP contribution in [0.5, 0.6) is 5.75 Å². The van der Waals surface area contributed by atoms with Gasteiger partial charge in [0.15, 0.2) is 0 Å². The molecule has 1 fully saturated rings. The lowest BCUT2D eigenvalue weighted by Crippen LogP contribution is -2.41. The van der Waals surface area contributed by atoms with Gasteiger partial charge >= 0.3 is 0 Å². The molecule has 1 aliphatic rings. The van der Waals surface area contributed by atoms with Crippen LogP contribution in [0, 0.1) is 0 Å². The average Bonchev–Trinajstić information content (AvgIpc) is 2.33. The highest BCUT2D eigenvalue weighted by molar-refractivity contribution is 5.39. The Bertz CT molecular complexity index is 357. The molecule has 1 saturated carbocycles. The van der Waals surface area contributed by atoms with E-state index in [-0.39, 0.29) is 11.6 Å². The fraction of sp³-hybridized carbons (Fsp3) is 0.538. The summed E-state index contributed by atoms with van der Waals surface area (Å²) in [6.07, 6.45) is 2.98. The molecule has 0 atom stereocenters. The van der Waals surface area contributed by atoms with E-state index in [2.05, 4.69) is 0 Å². The number of hydrogen-bond donors (Lipinski definition) is 2. The normalized spacial score (nSPS) is 30.1. The first-order valence-corrected chi connectivity index (χ1v) is 5.76. The Morgan fingerprint density at radius 1 is 1.31 bits per heavy atom. The quantitative estimate of drug-likeness (QED) is 0.800. The second-order valence-electron chi connectivity index (χ2n) is 4.59. The molecule has 0 heterocycles. The van der Waals surface area contributed by atoms with Crippen LogP contribution in [-0.2, 0) is 5.54 Å². The number of aliphatic hydroxyl groups is 1. The Kier molecular flexibility index (Phi) is 3.17. The van der Waals surface area contributed by atoms with Crippen molar-refractivity contribution in [3.63, 3.8) is 0 Å². The van der Waals surface area contributed by atoms with Crippen molar-refractivity contribution < 1.29 is 9.84 Å². The predicted molar refractivity (Wildman–Crippen MR) is 63.3 cm³/mol. The van der Waals surface area contributed by atoms with Crippen LogP contribution in [0.15, 0.2) is 24.3 Å². The van der Waals surface area contributed by atoms with E-state index in [4.69, 9.17) is 10.5 Å². The molecule has 1 aromatic rings. The van der Waals surface area contributed by atoms with Gasteiger partial charge in [-0.05, 0) is 31.7 Å². The van der Waals surface area contributed by atoms with E-state index in [1.807, 2.05) is 24.3 Å². The third-order valence-electron chi connectivity index (χ3n) is 3.49. The minimum atomic E-state index is -0.341. The maximum absolute atomic E-state index is 9.53. The van der Waals surface area contributed by atoms with Gasteiger partial charge < -0.3 is 15.6 Å². The van der Waals surface area contributed by atoms with E-state index in [0.29, 0.717) is 0 Å². The van der Waals surface area contributed by atoms with E-state index >= 15 is 0 Å². The number of aliphatic hydroxyl groups excluding tert-OH is 1. The first-order valence-electron chi connectivity index (χ1n) is 5.76. The number of methoxy groups -OCH3 is 1. The molecular formula is C13H19NO2. The lowest BCUT2D eigenvalue weighted by atomic mass is 9.76. The molecule has 0 bridgehead atoms. The van der Waals surface area contributed by atoms with Crippen molar-refractivity contribution in [1.29, 1.82) is 0 Å². The van der Waals surface area contributed by atoms with Crippen molar-refractivity contribution in [2.75, 3.05) is 7.11 Å². The summed E-state index contributed by atoms with van der Waals surface area (Å²) in [5.41, 5.74) is 7.15. The Balaban J connectivity index is 2.28. The minimum absolute atomic E-state index is 0.189. The molecule has 0 spiro atoms. The van der Waals surface area contributed by atoms with Gasteiger partial charge in [0, 0.05) is 11.1 Å². The van der Waals surface area contributed by atoms with Crippen LogP contribution >= 0.6 is 0 Å². The van der Waals surface area contributed by atoms with Crippen LogP contribution in [0.1, 0.15) is 31.2 Å². The smallest absolute Gasteiger partial charge is 0.123 e. The molecule has 0 amide bonds. The molecule has 0 aromatic heterocycles. The van der Waals surface area contributed by atoms with Gasteiger partial charge in [-0.15, -0.1) is 0 Å². The van der Waals surface area contributed by atoms with Gasteiger partial charge in [0.05, 0.1) is 13.2 Å². The first kappa shape index (κ1) is 11.4. The van der Waals surface area contributed by atoms with Crippen LogP contribution < -0.4 is 10.5 Å². The fourth-order valence-corrected chi connectivity index (χ4v) is 2.44. The first-order chi connectivity index (χ1) is 7.65. The molecule has 2 rings (SSSR count). The molecule has 0 radical (unpaired) electrons. The summed E-state index contributed by atoms with van der Waals surface area (Å²) in [4.78, 5) is 0. The average molecular weight is 221 g/mol. The second-order valence-corrected chi connectivity index (χ2v) is 4.59. The van der Waals surface area contributed by atoms with Crippen molar-refractivity contribution in [1.82, 2.24) is 0 Å². The number of rotatable bonds is 2. The molecule has 3 nitrogen and oxygen atoms in total. The molecule has 1 aliphatic carbocycles. The maximum Gasteiger partial charge on any atom is 0.123 e. The Morgan fingerprint density at radius 3 is 2.56 bits per heavy atom. The standard InChI is InChI=1S/C13H19NO2/c1-16-12-5-3-2-4-11(12)13(14)8-6-10(15)7-9-13/h2-5,10,15H,6-9,14H2,1H3. The van der Waals surface area contributed by atoms with E-state index < -0.39 is 0 Å². The molecule has 0 saturated heterocycles. The van der Waals surface area contributed by atoms with Crippen LogP contribution in [0.3, 0.4) is 0 Å². The zero-order valence-electron chi connectivity index (χ0n) is 9.65. The van der Waals surface area contributed by atoms with Gasteiger partial charge in [-0.3, -0.25) is 0 Å². The van der Waals surface area contributed by atoms with Crippen molar-refractivity contribution >= 4 is 0 Å². The highest BCUT2D eigenvalue weighted by Gasteiger charge is 2.34. The van der Waals surface area contributed by atoms with Gasteiger partial charge in [0.1, 0.15) is 5.75 Å². The molecule has 88 valence electrons. The second kappa shape index (κ2) is 4.44. The minimum Gasteiger partial charge on any atom is -0.496 e. The van der Waals surface area contributed by atoms with Gasteiger partial charge in [-0.25, -0.2) is 0 Å². The van der Waals surface area contributed by atoms with E-state index in [1.54, 1.807) is 7.11 Å². The number of benzene rings is 1. The lowest BCUT2D eigenvalue weighted by molar-refractivity contribution is 0.0960. The van der Waals surface area contributed by atoms with E-state index in [1.165, 1.54) is 0 Å². The van der Waals surface area contributed by atoms with Gasteiger partial charge in [0.25, 0.3) is 0 Å². The van der Waals surface area contributed by atoms with Crippen molar-refractivity contribution in [2.24, 2.45) is 5.73 Å². The summed E-state index contributed by atoms with van der Waals surface area (Å²) in [7, 11) is 1.67. The van der Waals surface area contributed by atoms with E-state index in [9.17, 15) is 5.11 Å². The lowest BCUT2D eigenvalue weighted by Gasteiger charge is -2.36. The molecule has 0 unspecified atom stereocenters. The summed E-state index contributed by atoms with van der Waals surface area (Å²) < 4.78 is 5.35. The number of nitrogens with two attached hydrogens (primary N) is 1. The monoisotopic (exact) mass is 221 g/mol. The number of ether oxygens (including phenoxy) is 1. The van der Waals surface area contributed by atoms with Gasteiger partial charge in [-0.1, -0.05) is 18.2 Å². The third kappa shape index (κ3) is 2.06. The molecule has 3 N–H and O–H groups in total. The SMILES string of the molecule is COc1ccccc1C1(N)CCC(O)CC1.